The molecule has 0 bridgehead atoms. The Morgan fingerprint density at radius 2 is 2.10 bits per heavy atom. The standard InChI is InChI=1S/C16H15N3O2/c1-2-5-12-8-11(16(20)21)9-15(18-12)19-10-17-13-6-3-4-7-14(13)19/h3-4,6-10H,2,5H2,1H3,(H,20,21). The van der Waals surface area contributed by atoms with Crippen molar-refractivity contribution >= 4 is 17.0 Å². The second-order valence-electron chi connectivity index (χ2n) is 4.86. The first-order valence-corrected chi connectivity index (χ1v) is 6.85. The van der Waals surface area contributed by atoms with Gasteiger partial charge < -0.3 is 5.11 Å². The van der Waals surface area contributed by atoms with E-state index in [9.17, 15) is 9.90 Å². The summed E-state index contributed by atoms with van der Waals surface area (Å²) in [5, 5.41) is 9.26. The molecule has 2 aromatic heterocycles. The summed E-state index contributed by atoms with van der Waals surface area (Å²) >= 11 is 0. The van der Waals surface area contributed by atoms with Gasteiger partial charge in [-0.2, -0.15) is 0 Å². The molecular weight excluding hydrogens is 266 g/mol. The number of carboxylic acids is 1. The molecule has 106 valence electrons. The van der Waals surface area contributed by atoms with Gasteiger partial charge >= 0.3 is 5.97 Å². The number of carbonyl (C=O) groups is 1. The summed E-state index contributed by atoms with van der Waals surface area (Å²) in [4.78, 5) is 20.2. The van der Waals surface area contributed by atoms with Crippen LogP contribution in [-0.2, 0) is 6.42 Å². The molecule has 0 atom stereocenters. The van der Waals surface area contributed by atoms with Gasteiger partial charge in [0, 0.05) is 5.69 Å². The van der Waals surface area contributed by atoms with Crippen LogP contribution in [0, 0.1) is 0 Å². The molecule has 0 saturated heterocycles. The van der Waals surface area contributed by atoms with E-state index in [0.29, 0.717) is 5.82 Å². The molecule has 0 saturated carbocycles. The third-order valence-electron chi connectivity index (χ3n) is 3.32. The van der Waals surface area contributed by atoms with E-state index in [1.807, 2.05) is 35.8 Å². The van der Waals surface area contributed by atoms with Gasteiger partial charge in [0.15, 0.2) is 0 Å². The van der Waals surface area contributed by atoms with Crippen LogP contribution in [0.4, 0.5) is 0 Å². The minimum atomic E-state index is -0.944. The molecule has 21 heavy (non-hydrogen) atoms. The van der Waals surface area contributed by atoms with Crippen LogP contribution in [0.25, 0.3) is 16.9 Å². The van der Waals surface area contributed by atoms with Crippen molar-refractivity contribution in [1.82, 2.24) is 14.5 Å². The van der Waals surface area contributed by atoms with Crippen molar-refractivity contribution in [3.05, 3.63) is 54.0 Å². The van der Waals surface area contributed by atoms with Crippen molar-refractivity contribution in [2.24, 2.45) is 0 Å². The molecule has 0 aliphatic rings. The van der Waals surface area contributed by atoms with Gasteiger partial charge in [0.2, 0.25) is 0 Å². The lowest BCUT2D eigenvalue weighted by Gasteiger charge is -2.08. The van der Waals surface area contributed by atoms with Crippen LogP contribution in [0.5, 0.6) is 0 Å². The number of nitrogens with zero attached hydrogens (tertiary/aromatic N) is 3. The molecule has 0 aliphatic heterocycles. The number of pyridine rings is 1. The Hall–Kier alpha value is -2.69. The number of imidazole rings is 1. The van der Waals surface area contributed by atoms with Gasteiger partial charge in [0.25, 0.3) is 0 Å². The predicted octanol–water partition coefficient (Wildman–Crippen LogP) is 3.07. The zero-order chi connectivity index (χ0) is 14.8. The van der Waals surface area contributed by atoms with Crippen LogP contribution in [0.2, 0.25) is 0 Å². The van der Waals surface area contributed by atoms with E-state index < -0.39 is 5.97 Å². The Bertz CT molecular complexity index is 808. The fourth-order valence-electron chi connectivity index (χ4n) is 2.34. The molecule has 1 aromatic carbocycles. The Kier molecular flexibility index (Phi) is 3.39. The maximum absolute atomic E-state index is 11.3. The van der Waals surface area contributed by atoms with E-state index in [1.54, 1.807) is 18.5 Å². The third kappa shape index (κ3) is 2.50. The topological polar surface area (TPSA) is 68.0 Å². The second-order valence-corrected chi connectivity index (χ2v) is 4.86. The molecule has 5 nitrogen and oxygen atoms in total. The Morgan fingerprint density at radius 1 is 1.29 bits per heavy atom. The summed E-state index contributed by atoms with van der Waals surface area (Å²) < 4.78 is 1.82. The van der Waals surface area contributed by atoms with Gasteiger partial charge in [-0.3, -0.25) is 4.57 Å². The number of aromatic carboxylic acids is 1. The highest BCUT2D eigenvalue weighted by molar-refractivity contribution is 5.88. The second kappa shape index (κ2) is 5.36. The number of hydrogen-bond acceptors (Lipinski definition) is 3. The molecule has 0 unspecified atom stereocenters. The molecule has 0 fully saturated rings. The molecule has 0 aliphatic carbocycles. The summed E-state index contributed by atoms with van der Waals surface area (Å²) in [5.74, 6) is -0.354. The van der Waals surface area contributed by atoms with Crippen LogP contribution < -0.4 is 0 Å². The average Bonchev–Trinajstić information content (AvgIpc) is 2.91. The smallest absolute Gasteiger partial charge is 0.335 e. The fraction of sp³-hybridized carbons (Fsp3) is 0.188. The summed E-state index contributed by atoms with van der Waals surface area (Å²) in [6, 6.07) is 10.9. The Morgan fingerprint density at radius 3 is 2.86 bits per heavy atom. The molecule has 3 aromatic rings. The zero-order valence-electron chi connectivity index (χ0n) is 11.7. The number of benzene rings is 1. The molecule has 1 N–H and O–H groups in total. The first-order chi connectivity index (χ1) is 10.2. The lowest BCUT2D eigenvalue weighted by atomic mass is 10.1. The first-order valence-electron chi connectivity index (χ1n) is 6.85. The highest BCUT2D eigenvalue weighted by Crippen LogP contribution is 2.18. The van der Waals surface area contributed by atoms with Gasteiger partial charge in [-0.1, -0.05) is 25.5 Å². The van der Waals surface area contributed by atoms with Crippen molar-refractivity contribution in [3.63, 3.8) is 0 Å². The quantitative estimate of drug-likeness (QED) is 0.798. The van der Waals surface area contributed by atoms with E-state index in [0.717, 1.165) is 29.6 Å². The molecule has 0 spiro atoms. The van der Waals surface area contributed by atoms with E-state index in [1.165, 1.54) is 0 Å². The van der Waals surface area contributed by atoms with Gasteiger partial charge in [-0.25, -0.2) is 14.8 Å². The highest BCUT2D eigenvalue weighted by Gasteiger charge is 2.11. The largest absolute Gasteiger partial charge is 0.478 e. The van der Waals surface area contributed by atoms with Crippen molar-refractivity contribution in [1.29, 1.82) is 0 Å². The van der Waals surface area contributed by atoms with Crippen molar-refractivity contribution in [2.75, 3.05) is 0 Å². The van der Waals surface area contributed by atoms with Crippen LogP contribution in [-0.4, -0.2) is 25.6 Å². The summed E-state index contributed by atoms with van der Waals surface area (Å²) in [6.45, 7) is 2.04. The van der Waals surface area contributed by atoms with Crippen LogP contribution in [0.15, 0.2) is 42.7 Å². The number of para-hydroxylation sites is 2. The van der Waals surface area contributed by atoms with E-state index in [2.05, 4.69) is 9.97 Å². The van der Waals surface area contributed by atoms with Gasteiger partial charge in [-0.05, 0) is 30.7 Å². The molecule has 0 radical (unpaired) electrons. The van der Waals surface area contributed by atoms with Gasteiger partial charge in [0.05, 0.1) is 16.6 Å². The Balaban J connectivity index is 2.18. The summed E-state index contributed by atoms with van der Waals surface area (Å²) in [6.07, 6.45) is 3.34. The maximum atomic E-state index is 11.3. The number of aromatic nitrogens is 3. The molecule has 5 heteroatoms. The molecule has 3 rings (SSSR count). The molecule has 0 amide bonds. The minimum Gasteiger partial charge on any atom is -0.478 e. The van der Waals surface area contributed by atoms with Gasteiger partial charge in [0.1, 0.15) is 12.1 Å². The minimum absolute atomic E-state index is 0.251. The number of fused-ring (bicyclic) bond motifs is 1. The average molecular weight is 281 g/mol. The van der Waals surface area contributed by atoms with Crippen molar-refractivity contribution < 1.29 is 9.90 Å². The highest BCUT2D eigenvalue weighted by atomic mass is 16.4. The number of rotatable bonds is 4. The molecule has 2 heterocycles. The lowest BCUT2D eigenvalue weighted by molar-refractivity contribution is 0.0696. The van der Waals surface area contributed by atoms with Crippen molar-refractivity contribution in [2.45, 2.75) is 19.8 Å². The maximum Gasteiger partial charge on any atom is 0.335 e. The van der Waals surface area contributed by atoms with Gasteiger partial charge in [-0.15, -0.1) is 0 Å². The van der Waals surface area contributed by atoms with E-state index in [4.69, 9.17) is 0 Å². The number of aryl methyl sites for hydroxylation is 1. The lowest BCUT2D eigenvalue weighted by Crippen LogP contribution is -2.05. The zero-order valence-corrected chi connectivity index (χ0v) is 11.7. The normalized spacial score (nSPS) is 10.9. The predicted molar refractivity (Wildman–Crippen MR) is 79.8 cm³/mol. The fourth-order valence-corrected chi connectivity index (χ4v) is 2.34. The SMILES string of the molecule is CCCc1cc(C(=O)O)cc(-n2cnc3ccccc32)n1. The van der Waals surface area contributed by atoms with E-state index in [-0.39, 0.29) is 5.56 Å². The van der Waals surface area contributed by atoms with Crippen molar-refractivity contribution in [3.8, 4) is 5.82 Å². The summed E-state index contributed by atoms with van der Waals surface area (Å²) in [7, 11) is 0. The van der Waals surface area contributed by atoms with Crippen LogP contribution in [0.3, 0.4) is 0 Å². The number of carboxylic acid groups (broad SMARTS) is 1. The summed E-state index contributed by atoms with van der Waals surface area (Å²) in [5.41, 5.74) is 2.80. The Labute approximate surface area is 121 Å². The monoisotopic (exact) mass is 281 g/mol. The van der Waals surface area contributed by atoms with Crippen LogP contribution in [0.1, 0.15) is 29.4 Å². The number of hydrogen-bond donors (Lipinski definition) is 1. The van der Waals surface area contributed by atoms with Crippen LogP contribution >= 0.6 is 0 Å². The third-order valence-corrected chi connectivity index (χ3v) is 3.32. The van der Waals surface area contributed by atoms with E-state index >= 15 is 0 Å². The molecular formula is C16H15N3O2. The first kappa shape index (κ1) is 13.3.